The molecule has 0 aromatic heterocycles. The van der Waals surface area contributed by atoms with E-state index < -0.39 is 0 Å². The number of hydrogen-bond donors (Lipinski definition) is 0. The minimum atomic E-state index is 0.722. The molecule has 0 spiro atoms. The Balaban J connectivity index is 1.31. The number of halogens is 1. The van der Waals surface area contributed by atoms with Gasteiger partial charge in [0.1, 0.15) is 5.75 Å². The van der Waals surface area contributed by atoms with Crippen LogP contribution in [0.2, 0.25) is 5.02 Å². The molecule has 1 heterocycles. The number of benzene rings is 2. The summed E-state index contributed by atoms with van der Waals surface area (Å²) in [5, 5.41) is 0.722. The van der Waals surface area contributed by atoms with Gasteiger partial charge in [0, 0.05) is 43.8 Å². The maximum absolute atomic E-state index is 6.08. The van der Waals surface area contributed by atoms with E-state index in [1.54, 1.807) is 7.11 Å². The van der Waals surface area contributed by atoms with Gasteiger partial charge < -0.3 is 9.64 Å². The Kier molecular flexibility index (Phi) is 4.87. The fraction of sp³-hybridized carbons (Fsp3) is 0.429. The summed E-state index contributed by atoms with van der Waals surface area (Å²) < 4.78 is 5.50. The number of nitrogens with zero attached hydrogens (tertiary/aromatic N) is 2. The van der Waals surface area contributed by atoms with Crippen LogP contribution in [0.1, 0.15) is 17.9 Å². The Bertz CT molecular complexity index is 713. The van der Waals surface area contributed by atoms with Gasteiger partial charge in [0.2, 0.25) is 0 Å². The number of methoxy groups -OCH3 is 1. The highest BCUT2D eigenvalue weighted by Crippen LogP contribution is 2.47. The molecule has 1 saturated carbocycles. The van der Waals surface area contributed by atoms with Crippen LogP contribution in [-0.4, -0.2) is 44.7 Å². The standard InChI is InChI=1S/C21H25ClN2O/c1-25-21-14-18(22)7-8-20(21)24-11-9-23(10-12-24)15-17-13-19(17)16-5-3-2-4-6-16/h2-8,14,17,19H,9-13,15H2,1H3/t17-,19-/m1/s1. The van der Waals surface area contributed by atoms with Gasteiger partial charge in [0.05, 0.1) is 12.8 Å². The molecule has 0 bridgehead atoms. The summed E-state index contributed by atoms with van der Waals surface area (Å²) in [6.45, 7) is 5.54. The average Bonchev–Trinajstić information content (AvgIpc) is 3.42. The fourth-order valence-electron chi connectivity index (χ4n) is 3.97. The summed E-state index contributed by atoms with van der Waals surface area (Å²) in [7, 11) is 1.71. The molecule has 1 saturated heterocycles. The van der Waals surface area contributed by atoms with Crippen LogP contribution in [-0.2, 0) is 0 Å². The maximum Gasteiger partial charge on any atom is 0.143 e. The lowest BCUT2D eigenvalue weighted by atomic mass is 10.1. The van der Waals surface area contributed by atoms with Crippen LogP contribution in [0.5, 0.6) is 5.75 Å². The molecule has 3 nitrogen and oxygen atoms in total. The fourth-order valence-corrected chi connectivity index (χ4v) is 4.14. The maximum atomic E-state index is 6.08. The van der Waals surface area contributed by atoms with Gasteiger partial charge >= 0.3 is 0 Å². The van der Waals surface area contributed by atoms with E-state index in [0.717, 1.165) is 54.5 Å². The van der Waals surface area contributed by atoms with Gasteiger partial charge in [-0.3, -0.25) is 4.90 Å². The highest BCUT2D eigenvalue weighted by molar-refractivity contribution is 6.30. The van der Waals surface area contributed by atoms with Crippen LogP contribution in [0.4, 0.5) is 5.69 Å². The first kappa shape index (κ1) is 16.7. The van der Waals surface area contributed by atoms with E-state index in [0.29, 0.717) is 0 Å². The van der Waals surface area contributed by atoms with Crippen LogP contribution in [0.15, 0.2) is 48.5 Å². The third-order valence-electron chi connectivity index (χ3n) is 5.50. The smallest absolute Gasteiger partial charge is 0.143 e. The molecule has 4 rings (SSSR count). The molecule has 0 N–H and O–H groups in total. The minimum absolute atomic E-state index is 0.722. The average molecular weight is 357 g/mol. The molecule has 2 aliphatic rings. The topological polar surface area (TPSA) is 15.7 Å². The van der Waals surface area contributed by atoms with Crippen molar-refractivity contribution in [3.63, 3.8) is 0 Å². The van der Waals surface area contributed by atoms with E-state index in [4.69, 9.17) is 16.3 Å². The molecule has 2 aromatic rings. The highest BCUT2D eigenvalue weighted by Gasteiger charge is 2.39. The first-order chi connectivity index (χ1) is 12.2. The minimum Gasteiger partial charge on any atom is -0.495 e. The Morgan fingerprint density at radius 1 is 1.04 bits per heavy atom. The van der Waals surface area contributed by atoms with Gasteiger partial charge in [-0.05, 0) is 36.0 Å². The quantitative estimate of drug-likeness (QED) is 0.795. The van der Waals surface area contributed by atoms with Crippen molar-refractivity contribution in [2.45, 2.75) is 12.3 Å². The van der Waals surface area contributed by atoms with Gasteiger partial charge in [0.25, 0.3) is 0 Å². The summed E-state index contributed by atoms with van der Waals surface area (Å²) >= 11 is 6.08. The number of rotatable bonds is 5. The lowest BCUT2D eigenvalue weighted by molar-refractivity contribution is 0.246. The molecule has 2 fully saturated rings. The summed E-state index contributed by atoms with van der Waals surface area (Å²) in [6.07, 6.45) is 1.34. The molecule has 0 unspecified atom stereocenters. The molecule has 4 heteroatoms. The molecule has 2 aromatic carbocycles. The zero-order chi connectivity index (χ0) is 17.2. The van der Waals surface area contributed by atoms with E-state index in [1.807, 2.05) is 12.1 Å². The summed E-state index contributed by atoms with van der Waals surface area (Å²) in [4.78, 5) is 5.03. The van der Waals surface area contributed by atoms with Gasteiger partial charge in [-0.25, -0.2) is 0 Å². The van der Waals surface area contributed by atoms with Crippen LogP contribution in [0.3, 0.4) is 0 Å². The number of anilines is 1. The third kappa shape index (κ3) is 3.78. The monoisotopic (exact) mass is 356 g/mol. The lowest BCUT2D eigenvalue weighted by Crippen LogP contribution is -2.47. The van der Waals surface area contributed by atoms with Crippen LogP contribution in [0, 0.1) is 5.92 Å². The van der Waals surface area contributed by atoms with Crippen molar-refractivity contribution >= 4 is 17.3 Å². The van der Waals surface area contributed by atoms with Crippen molar-refractivity contribution in [2.75, 3.05) is 44.7 Å². The Morgan fingerprint density at radius 3 is 2.52 bits per heavy atom. The Morgan fingerprint density at radius 2 is 1.80 bits per heavy atom. The largest absolute Gasteiger partial charge is 0.495 e. The van der Waals surface area contributed by atoms with Gasteiger partial charge in [-0.1, -0.05) is 41.9 Å². The molecule has 2 atom stereocenters. The van der Waals surface area contributed by atoms with Gasteiger partial charge in [-0.2, -0.15) is 0 Å². The van der Waals surface area contributed by atoms with Crippen LogP contribution in [0.25, 0.3) is 0 Å². The van der Waals surface area contributed by atoms with Gasteiger partial charge in [0.15, 0.2) is 0 Å². The highest BCUT2D eigenvalue weighted by atomic mass is 35.5. The molecular weight excluding hydrogens is 332 g/mol. The zero-order valence-corrected chi connectivity index (χ0v) is 15.5. The Hall–Kier alpha value is -1.71. The second-order valence-electron chi connectivity index (χ2n) is 7.12. The van der Waals surface area contributed by atoms with Crippen molar-refractivity contribution in [1.82, 2.24) is 4.90 Å². The predicted octanol–water partition coefficient (Wildman–Crippen LogP) is 4.27. The summed E-state index contributed by atoms with van der Waals surface area (Å²) in [5.41, 5.74) is 2.66. The molecule has 1 aliphatic heterocycles. The third-order valence-corrected chi connectivity index (χ3v) is 5.73. The zero-order valence-electron chi connectivity index (χ0n) is 14.7. The summed E-state index contributed by atoms with van der Waals surface area (Å²) in [5.74, 6) is 2.47. The van der Waals surface area contributed by atoms with E-state index in [1.165, 1.54) is 18.5 Å². The first-order valence-electron chi connectivity index (χ1n) is 9.10. The summed E-state index contributed by atoms with van der Waals surface area (Å²) in [6, 6.07) is 16.9. The van der Waals surface area contributed by atoms with Crippen molar-refractivity contribution in [3.05, 3.63) is 59.1 Å². The molecule has 132 valence electrons. The molecular formula is C21H25ClN2O. The lowest BCUT2D eigenvalue weighted by Gasteiger charge is -2.36. The second-order valence-corrected chi connectivity index (χ2v) is 7.55. The molecule has 25 heavy (non-hydrogen) atoms. The van der Waals surface area contributed by atoms with E-state index in [9.17, 15) is 0 Å². The first-order valence-corrected chi connectivity index (χ1v) is 9.48. The van der Waals surface area contributed by atoms with Crippen molar-refractivity contribution in [3.8, 4) is 5.75 Å². The van der Waals surface area contributed by atoms with Gasteiger partial charge in [-0.15, -0.1) is 0 Å². The van der Waals surface area contributed by atoms with Crippen molar-refractivity contribution < 1.29 is 4.74 Å². The molecule has 0 amide bonds. The number of hydrogen-bond acceptors (Lipinski definition) is 3. The van der Waals surface area contributed by atoms with E-state index in [-0.39, 0.29) is 0 Å². The van der Waals surface area contributed by atoms with Crippen LogP contribution >= 0.6 is 11.6 Å². The van der Waals surface area contributed by atoms with E-state index >= 15 is 0 Å². The SMILES string of the molecule is COc1cc(Cl)ccc1N1CCN(C[C@H]2C[C@@H]2c2ccccc2)CC1. The van der Waals surface area contributed by atoms with E-state index in [2.05, 4.69) is 46.2 Å². The number of ether oxygens (including phenoxy) is 1. The molecule has 0 radical (unpaired) electrons. The normalized spacial score (nSPS) is 23.5. The van der Waals surface area contributed by atoms with Crippen LogP contribution < -0.4 is 9.64 Å². The number of piperazine rings is 1. The van der Waals surface area contributed by atoms with Crippen molar-refractivity contribution in [2.24, 2.45) is 5.92 Å². The van der Waals surface area contributed by atoms with Crippen molar-refractivity contribution in [1.29, 1.82) is 0 Å². The molecule has 1 aliphatic carbocycles. The predicted molar refractivity (Wildman–Crippen MR) is 104 cm³/mol. The Labute approximate surface area is 155 Å². The second kappa shape index (κ2) is 7.27.